The summed E-state index contributed by atoms with van der Waals surface area (Å²) in [4.78, 5) is 29.0. The number of carbonyl (C=O) groups excluding carboxylic acids is 2. The van der Waals surface area contributed by atoms with E-state index in [9.17, 15) is 18.0 Å². The second-order valence-electron chi connectivity index (χ2n) is 9.54. The fraction of sp³-hybridized carbons (Fsp3) is 0.310. The first-order valence-electron chi connectivity index (χ1n) is 12.4. The quantitative estimate of drug-likeness (QED) is 0.375. The first-order chi connectivity index (χ1) is 18.0. The Balaban J connectivity index is 2.08. The van der Waals surface area contributed by atoms with Crippen LogP contribution >= 0.6 is 11.6 Å². The first-order valence-corrected chi connectivity index (χ1v) is 14.6. The summed E-state index contributed by atoms with van der Waals surface area (Å²) in [6.45, 7) is 5.27. The van der Waals surface area contributed by atoms with Gasteiger partial charge in [-0.2, -0.15) is 0 Å². The minimum Gasteiger partial charge on any atom is -0.352 e. The summed E-state index contributed by atoms with van der Waals surface area (Å²) in [7, 11) is -3.87. The average Bonchev–Trinajstić information content (AvgIpc) is 2.85. The van der Waals surface area contributed by atoms with Crippen LogP contribution in [-0.2, 0) is 32.6 Å². The molecule has 0 aliphatic carbocycles. The molecule has 1 N–H and O–H groups in total. The van der Waals surface area contributed by atoms with E-state index in [0.717, 1.165) is 27.3 Å². The molecule has 0 saturated heterocycles. The number of benzene rings is 3. The van der Waals surface area contributed by atoms with Crippen LogP contribution in [0.2, 0.25) is 5.02 Å². The van der Waals surface area contributed by atoms with Gasteiger partial charge in [-0.15, -0.1) is 0 Å². The number of carbonyl (C=O) groups is 2. The number of halogens is 1. The molecular weight excluding hydrogens is 522 g/mol. The van der Waals surface area contributed by atoms with Gasteiger partial charge in [0.1, 0.15) is 12.6 Å². The van der Waals surface area contributed by atoms with Gasteiger partial charge in [0.2, 0.25) is 21.8 Å². The number of nitrogens with one attached hydrogen (secondary N) is 1. The fourth-order valence-corrected chi connectivity index (χ4v) is 5.30. The zero-order valence-corrected chi connectivity index (χ0v) is 23.7. The Bertz CT molecular complexity index is 1360. The van der Waals surface area contributed by atoms with Crippen molar-refractivity contribution in [2.45, 2.75) is 45.8 Å². The van der Waals surface area contributed by atoms with E-state index >= 15 is 0 Å². The molecule has 0 spiro atoms. The number of hydrogen-bond donors (Lipinski definition) is 1. The molecule has 2 amide bonds. The van der Waals surface area contributed by atoms with Crippen molar-refractivity contribution in [3.63, 3.8) is 0 Å². The molecule has 3 rings (SSSR count). The van der Waals surface area contributed by atoms with E-state index in [2.05, 4.69) is 5.32 Å². The number of para-hydroxylation sites is 1. The first kappa shape index (κ1) is 29.2. The van der Waals surface area contributed by atoms with E-state index < -0.39 is 28.5 Å². The molecule has 3 aromatic rings. The van der Waals surface area contributed by atoms with Gasteiger partial charge in [-0.3, -0.25) is 13.9 Å². The standard InChI is InChI=1S/C29H34ClN3O4S/c1-21(2)31-29(35)27(18-23-13-6-5-7-14-23)32(19-24-15-9-8-12-22(24)3)28(34)20-33(38(4,36)37)26-17-11-10-16-25(26)30/h5-17,21,27H,18-20H2,1-4H3,(H,31,35)/t27-/m0/s1. The predicted molar refractivity (Wildman–Crippen MR) is 153 cm³/mol. The number of rotatable bonds is 11. The largest absolute Gasteiger partial charge is 0.352 e. The molecule has 1 atom stereocenters. The Morgan fingerprint density at radius 3 is 2.13 bits per heavy atom. The van der Waals surface area contributed by atoms with Crippen LogP contribution in [-0.4, -0.2) is 50.0 Å². The van der Waals surface area contributed by atoms with Crippen LogP contribution in [0.1, 0.15) is 30.5 Å². The van der Waals surface area contributed by atoms with Gasteiger partial charge < -0.3 is 10.2 Å². The lowest BCUT2D eigenvalue weighted by Crippen LogP contribution is -2.54. The summed E-state index contributed by atoms with van der Waals surface area (Å²) >= 11 is 6.32. The van der Waals surface area contributed by atoms with Gasteiger partial charge in [-0.25, -0.2) is 8.42 Å². The molecule has 0 unspecified atom stereocenters. The molecule has 0 aliphatic heterocycles. The summed E-state index contributed by atoms with van der Waals surface area (Å²) in [5.41, 5.74) is 2.90. The second kappa shape index (κ2) is 12.9. The van der Waals surface area contributed by atoms with Crippen LogP contribution in [0.15, 0.2) is 78.9 Å². The third kappa shape index (κ3) is 7.82. The van der Waals surface area contributed by atoms with Crippen LogP contribution < -0.4 is 9.62 Å². The Kier molecular flexibility index (Phi) is 9.94. The lowest BCUT2D eigenvalue weighted by molar-refractivity contribution is -0.140. The normalized spacial score (nSPS) is 12.2. The van der Waals surface area contributed by atoms with E-state index in [4.69, 9.17) is 11.6 Å². The molecule has 9 heteroatoms. The lowest BCUT2D eigenvalue weighted by Gasteiger charge is -2.34. The zero-order valence-electron chi connectivity index (χ0n) is 22.1. The minimum absolute atomic E-state index is 0.134. The maximum atomic E-state index is 14.0. The van der Waals surface area contributed by atoms with Crippen molar-refractivity contribution in [1.29, 1.82) is 0 Å². The fourth-order valence-electron chi connectivity index (χ4n) is 4.15. The minimum atomic E-state index is -3.87. The summed E-state index contributed by atoms with van der Waals surface area (Å²) in [6.07, 6.45) is 1.30. The molecule has 0 saturated carbocycles. The summed E-state index contributed by atoms with van der Waals surface area (Å²) in [5.74, 6) is -0.826. The van der Waals surface area contributed by atoms with Crippen molar-refractivity contribution >= 4 is 39.1 Å². The number of sulfonamides is 1. The highest BCUT2D eigenvalue weighted by molar-refractivity contribution is 7.92. The molecule has 0 aliphatic rings. The van der Waals surface area contributed by atoms with E-state index in [-0.39, 0.29) is 35.6 Å². The molecule has 0 heterocycles. The SMILES string of the molecule is Cc1ccccc1CN(C(=O)CN(c1ccccc1Cl)S(C)(=O)=O)[C@@H](Cc1ccccc1)C(=O)NC(C)C. The number of hydrogen-bond acceptors (Lipinski definition) is 4. The van der Waals surface area contributed by atoms with Crippen molar-refractivity contribution < 1.29 is 18.0 Å². The van der Waals surface area contributed by atoms with Crippen molar-refractivity contribution in [2.75, 3.05) is 17.1 Å². The summed E-state index contributed by atoms with van der Waals surface area (Å²) in [6, 6.07) is 22.5. The number of amides is 2. The van der Waals surface area contributed by atoms with Crippen LogP contribution in [0.25, 0.3) is 0 Å². The maximum absolute atomic E-state index is 14.0. The Hall–Kier alpha value is -3.36. The lowest BCUT2D eigenvalue weighted by atomic mass is 10.0. The average molecular weight is 556 g/mol. The van der Waals surface area contributed by atoms with Gasteiger partial charge in [0.05, 0.1) is 17.0 Å². The van der Waals surface area contributed by atoms with Gasteiger partial charge >= 0.3 is 0 Å². The molecule has 7 nitrogen and oxygen atoms in total. The summed E-state index contributed by atoms with van der Waals surface area (Å²) < 4.78 is 26.6. The molecule has 38 heavy (non-hydrogen) atoms. The number of anilines is 1. The highest BCUT2D eigenvalue weighted by atomic mass is 35.5. The van der Waals surface area contributed by atoms with Gasteiger partial charge in [-0.1, -0.05) is 78.3 Å². The topological polar surface area (TPSA) is 86.8 Å². The monoisotopic (exact) mass is 555 g/mol. The molecule has 0 fully saturated rings. The van der Waals surface area contributed by atoms with Gasteiger partial charge in [0.15, 0.2) is 0 Å². The van der Waals surface area contributed by atoms with Crippen molar-refractivity contribution in [3.8, 4) is 0 Å². The molecular formula is C29H34ClN3O4S. The van der Waals surface area contributed by atoms with Gasteiger partial charge in [0.25, 0.3) is 0 Å². The van der Waals surface area contributed by atoms with E-state index in [0.29, 0.717) is 0 Å². The van der Waals surface area contributed by atoms with Crippen LogP contribution in [0.4, 0.5) is 5.69 Å². The Morgan fingerprint density at radius 1 is 0.921 bits per heavy atom. The summed E-state index contributed by atoms with van der Waals surface area (Å²) in [5, 5.41) is 3.14. The molecule has 0 aromatic heterocycles. The Labute approximate surface area is 230 Å². The number of aryl methyl sites for hydroxylation is 1. The smallest absolute Gasteiger partial charge is 0.244 e. The van der Waals surface area contributed by atoms with E-state index in [1.165, 1.54) is 4.90 Å². The Morgan fingerprint density at radius 2 is 1.53 bits per heavy atom. The van der Waals surface area contributed by atoms with Crippen molar-refractivity contribution in [3.05, 3.63) is 101 Å². The zero-order chi connectivity index (χ0) is 27.9. The van der Waals surface area contributed by atoms with Gasteiger partial charge in [-0.05, 0) is 49.6 Å². The van der Waals surface area contributed by atoms with Crippen LogP contribution in [0.5, 0.6) is 0 Å². The van der Waals surface area contributed by atoms with Crippen molar-refractivity contribution in [1.82, 2.24) is 10.2 Å². The maximum Gasteiger partial charge on any atom is 0.244 e. The highest BCUT2D eigenvalue weighted by Gasteiger charge is 2.33. The van der Waals surface area contributed by atoms with E-state index in [1.54, 1.807) is 24.3 Å². The molecule has 0 bridgehead atoms. The van der Waals surface area contributed by atoms with Crippen LogP contribution in [0.3, 0.4) is 0 Å². The third-order valence-corrected chi connectivity index (χ3v) is 7.55. The second-order valence-corrected chi connectivity index (χ2v) is 11.9. The number of nitrogens with zero attached hydrogens (tertiary/aromatic N) is 2. The van der Waals surface area contributed by atoms with Gasteiger partial charge in [0, 0.05) is 19.0 Å². The highest BCUT2D eigenvalue weighted by Crippen LogP contribution is 2.28. The molecule has 0 radical (unpaired) electrons. The predicted octanol–water partition coefficient (Wildman–Crippen LogP) is 4.58. The van der Waals surface area contributed by atoms with Crippen LogP contribution in [0, 0.1) is 6.92 Å². The van der Waals surface area contributed by atoms with E-state index in [1.807, 2.05) is 75.4 Å². The van der Waals surface area contributed by atoms with Crippen molar-refractivity contribution in [2.24, 2.45) is 0 Å². The molecule has 3 aromatic carbocycles. The third-order valence-electron chi connectivity index (χ3n) is 6.10. The molecule has 202 valence electrons.